The number of nitrogens with zero attached hydrogens (tertiary/aromatic N) is 1. The van der Waals surface area contributed by atoms with Crippen molar-refractivity contribution in [3.8, 4) is 0 Å². The minimum Gasteiger partial charge on any atom is -0.481 e. The lowest BCUT2D eigenvalue weighted by Gasteiger charge is -2.38. The lowest BCUT2D eigenvalue weighted by atomic mass is 9.79. The van der Waals surface area contributed by atoms with Gasteiger partial charge in [0.2, 0.25) is 0 Å². The van der Waals surface area contributed by atoms with Gasteiger partial charge in [0.15, 0.2) is 0 Å². The summed E-state index contributed by atoms with van der Waals surface area (Å²) in [5.41, 5.74) is -0.581. The number of rotatable bonds is 6. The van der Waals surface area contributed by atoms with Crippen molar-refractivity contribution < 1.29 is 19.4 Å². The van der Waals surface area contributed by atoms with Crippen molar-refractivity contribution >= 4 is 12.0 Å². The van der Waals surface area contributed by atoms with Crippen LogP contribution in [-0.2, 0) is 9.53 Å². The summed E-state index contributed by atoms with van der Waals surface area (Å²) in [5.74, 6) is -0.859. The fourth-order valence-corrected chi connectivity index (χ4v) is 2.52. The van der Waals surface area contributed by atoms with Gasteiger partial charge in [0.25, 0.3) is 0 Å². The molecule has 2 N–H and O–H groups in total. The minimum absolute atomic E-state index is 0.00312. The molecule has 0 radical (unpaired) electrons. The molecule has 110 valence electrons. The van der Waals surface area contributed by atoms with Crippen molar-refractivity contribution in [2.75, 3.05) is 27.3 Å². The number of amides is 2. The van der Waals surface area contributed by atoms with Gasteiger partial charge in [-0.25, -0.2) is 4.79 Å². The summed E-state index contributed by atoms with van der Waals surface area (Å²) in [6, 6.07) is -0.222. The Morgan fingerprint density at radius 2 is 1.95 bits per heavy atom. The first-order valence-electron chi connectivity index (χ1n) is 6.73. The second-order valence-electron chi connectivity index (χ2n) is 5.26. The van der Waals surface area contributed by atoms with Gasteiger partial charge in [-0.1, -0.05) is 19.3 Å². The number of aliphatic carboxylic acids is 1. The summed E-state index contributed by atoms with van der Waals surface area (Å²) in [7, 11) is 3.27. The highest BCUT2D eigenvalue weighted by atomic mass is 16.5. The van der Waals surface area contributed by atoms with E-state index in [4.69, 9.17) is 9.84 Å². The van der Waals surface area contributed by atoms with Crippen molar-refractivity contribution in [1.29, 1.82) is 0 Å². The fraction of sp³-hybridized carbons (Fsp3) is 0.846. The number of carbonyl (C=O) groups is 2. The monoisotopic (exact) mass is 272 g/mol. The van der Waals surface area contributed by atoms with E-state index in [2.05, 4.69) is 5.32 Å². The maximum atomic E-state index is 12.1. The zero-order valence-electron chi connectivity index (χ0n) is 11.8. The fourth-order valence-electron chi connectivity index (χ4n) is 2.52. The molecule has 1 aliphatic rings. The molecule has 0 atom stereocenters. The van der Waals surface area contributed by atoms with Gasteiger partial charge in [-0.3, -0.25) is 4.79 Å². The summed E-state index contributed by atoms with van der Waals surface area (Å²) in [6.45, 7) is 0.960. The standard InChI is InChI=1S/C13H24N2O4/c1-15(8-9-19-2)12(18)14-13(10-11(16)17)6-4-3-5-7-13/h3-10H2,1-2H3,(H,14,18)(H,16,17). The van der Waals surface area contributed by atoms with E-state index >= 15 is 0 Å². The van der Waals surface area contributed by atoms with Gasteiger partial charge in [-0.2, -0.15) is 0 Å². The molecule has 19 heavy (non-hydrogen) atoms. The molecule has 1 saturated carbocycles. The highest BCUT2D eigenvalue weighted by Crippen LogP contribution is 2.31. The SMILES string of the molecule is COCCN(C)C(=O)NC1(CC(=O)O)CCCCC1. The molecule has 2 amide bonds. The Hall–Kier alpha value is -1.30. The number of likely N-dealkylation sites (N-methyl/N-ethyl adjacent to an activating group) is 1. The largest absolute Gasteiger partial charge is 0.481 e. The zero-order chi connectivity index (χ0) is 14.3. The predicted molar refractivity (Wildman–Crippen MR) is 71.1 cm³/mol. The van der Waals surface area contributed by atoms with Crippen molar-refractivity contribution in [1.82, 2.24) is 10.2 Å². The number of methoxy groups -OCH3 is 1. The Morgan fingerprint density at radius 3 is 2.47 bits per heavy atom. The van der Waals surface area contributed by atoms with E-state index in [1.165, 1.54) is 4.90 Å². The third-order valence-corrected chi connectivity index (χ3v) is 3.65. The Labute approximate surface area is 114 Å². The van der Waals surface area contributed by atoms with Crippen LogP contribution in [0.4, 0.5) is 4.79 Å². The van der Waals surface area contributed by atoms with Gasteiger partial charge in [0.1, 0.15) is 0 Å². The third kappa shape index (κ3) is 5.06. The Kier molecular flexibility index (Phi) is 6.08. The van der Waals surface area contributed by atoms with E-state index in [1.807, 2.05) is 0 Å². The van der Waals surface area contributed by atoms with E-state index in [-0.39, 0.29) is 12.5 Å². The van der Waals surface area contributed by atoms with Gasteiger partial charge in [0, 0.05) is 20.7 Å². The molecule has 0 spiro atoms. The lowest BCUT2D eigenvalue weighted by molar-refractivity contribution is -0.139. The Morgan fingerprint density at radius 1 is 1.32 bits per heavy atom. The molecule has 0 heterocycles. The highest BCUT2D eigenvalue weighted by molar-refractivity contribution is 5.76. The molecule has 0 saturated heterocycles. The van der Waals surface area contributed by atoms with Gasteiger partial charge >= 0.3 is 12.0 Å². The number of carbonyl (C=O) groups excluding carboxylic acids is 1. The molecule has 6 nitrogen and oxygen atoms in total. The van der Waals surface area contributed by atoms with Crippen LogP contribution >= 0.6 is 0 Å². The number of carboxylic acid groups (broad SMARTS) is 1. The average molecular weight is 272 g/mol. The van der Waals surface area contributed by atoms with Crippen LogP contribution in [0.15, 0.2) is 0 Å². The molecule has 0 aromatic rings. The van der Waals surface area contributed by atoms with Crippen LogP contribution < -0.4 is 5.32 Å². The van der Waals surface area contributed by atoms with Crippen molar-refractivity contribution in [2.24, 2.45) is 0 Å². The molecular weight excluding hydrogens is 248 g/mol. The number of nitrogens with one attached hydrogen (secondary N) is 1. The molecule has 1 fully saturated rings. The first kappa shape index (κ1) is 15.8. The number of hydrogen-bond acceptors (Lipinski definition) is 3. The first-order valence-corrected chi connectivity index (χ1v) is 6.73. The van der Waals surface area contributed by atoms with Crippen LogP contribution in [0.1, 0.15) is 38.5 Å². The summed E-state index contributed by atoms with van der Waals surface area (Å²) in [5, 5.41) is 12.0. The molecule has 6 heteroatoms. The van der Waals surface area contributed by atoms with Crippen LogP contribution in [0.25, 0.3) is 0 Å². The summed E-state index contributed by atoms with van der Waals surface area (Å²) in [6.07, 6.45) is 4.52. The van der Waals surface area contributed by atoms with Crippen molar-refractivity contribution in [2.45, 2.75) is 44.1 Å². The summed E-state index contributed by atoms with van der Waals surface area (Å²) < 4.78 is 4.93. The number of ether oxygens (including phenoxy) is 1. The Balaban J connectivity index is 2.61. The number of carboxylic acids is 1. The zero-order valence-corrected chi connectivity index (χ0v) is 11.8. The molecule has 0 aliphatic heterocycles. The summed E-state index contributed by atoms with van der Waals surface area (Å²) >= 11 is 0. The van der Waals surface area contributed by atoms with Gasteiger partial charge in [-0.15, -0.1) is 0 Å². The molecule has 1 aliphatic carbocycles. The normalized spacial score (nSPS) is 17.8. The van der Waals surface area contributed by atoms with Gasteiger partial charge < -0.3 is 20.1 Å². The predicted octanol–water partition coefficient (Wildman–Crippen LogP) is 1.45. The molecule has 1 rings (SSSR count). The van der Waals surface area contributed by atoms with E-state index in [0.29, 0.717) is 13.2 Å². The maximum absolute atomic E-state index is 12.1. The van der Waals surface area contributed by atoms with Crippen LogP contribution in [0.2, 0.25) is 0 Å². The molecule has 0 unspecified atom stereocenters. The first-order chi connectivity index (χ1) is 8.99. The molecule has 0 bridgehead atoms. The second kappa shape index (κ2) is 7.33. The van der Waals surface area contributed by atoms with E-state index in [1.54, 1.807) is 14.2 Å². The van der Waals surface area contributed by atoms with Crippen LogP contribution in [0, 0.1) is 0 Å². The Bertz CT molecular complexity index is 314. The second-order valence-corrected chi connectivity index (χ2v) is 5.26. The minimum atomic E-state index is -0.859. The smallest absolute Gasteiger partial charge is 0.317 e. The highest BCUT2D eigenvalue weighted by Gasteiger charge is 2.36. The quantitative estimate of drug-likeness (QED) is 0.767. The van der Waals surface area contributed by atoms with E-state index in [0.717, 1.165) is 32.1 Å². The molecule has 0 aromatic carbocycles. The molecule has 0 aromatic heterocycles. The number of urea groups is 1. The van der Waals surface area contributed by atoms with Gasteiger partial charge in [0.05, 0.1) is 18.6 Å². The average Bonchev–Trinajstić information content (AvgIpc) is 2.35. The van der Waals surface area contributed by atoms with Crippen LogP contribution in [-0.4, -0.2) is 54.9 Å². The van der Waals surface area contributed by atoms with Crippen molar-refractivity contribution in [3.63, 3.8) is 0 Å². The summed E-state index contributed by atoms with van der Waals surface area (Å²) in [4.78, 5) is 24.6. The van der Waals surface area contributed by atoms with E-state index < -0.39 is 11.5 Å². The maximum Gasteiger partial charge on any atom is 0.317 e. The van der Waals surface area contributed by atoms with Gasteiger partial charge in [-0.05, 0) is 12.8 Å². The van der Waals surface area contributed by atoms with Crippen LogP contribution in [0.5, 0.6) is 0 Å². The topological polar surface area (TPSA) is 78.9 Å². The van der Waals surface area contributed by atoms with E-state index in [9.17, 15) is 9.59 Å². The lowest BCUT2D eigenvalue weighted by Crippen LogP contribution is -2.54. The number of hydrogen-bond donors (Lipinski definition) is 2. The van der Waals surface area contributed by atoms with Crippen LogP contribution in [0.3, 0.4) is 0 Å². The third-order valence-electron chi connectivity index (χ3n) is 3.65. The van der Waals surface area contributed by atoms with Crippen molar-refractivity contribution in [3.05, 3.63) is 0 Å². The molecular formula is C13H24N2O4.